The van der Waals surface area contributed by atoms with Crippen LogP contribution in [-0.2, 0) is 0 Å². The lowest BCUT2D eigenvalue weighted by Crippen LogP contribution is -2.50. The minimum Gasteiger partial charge on any atom is -0.0599 e. The van der Waals surface area contributed by atoms with Crippen molar-refractivity contribution in [2.45, 2.75) is 104 Å². The minimum absolute atomic E-state index is 0.639. The molecule has 0 amide bonds. The van der Waals surface area contributed by atoms with Crippen LogP contribution < -0.4 is 0 Å². The van der Waals surface area contributed by atoms with Gasteiger partial charge >= 0.3 is 0 Å². The molecule has 5 saturated carbocycles. The van der Waals surface area contributed by atoms with Gasteiger partial charge in [-0.25, -0.2) is 0 Å². The molecule has 0 saturated heterocycles. The smallest absolute Gasteiger partial charge is 0.0347 e. The van der Waals surface area contributed by atoms with Crippen molar-refractivity contribution >= 4 is 0 Å². The largest absolute Gasteiger partial charge is 0.0599 e. The summed E-state index contributed by atoms with van der Waals surface area (Å²) in [6.07, 6.45) is 22.1. The van der Waals surface area contributed by atoms with Crippen LogP contribution >= 0.6 is 0 Å². The Morgan fingerprint density at radius 1 is 0.520 bits per heavy atom. The van der Waals surface area contributed by atoms with E-state index in [1.54, 1.807) is 77.0 Å². The van der Waals surface area contributed by atoms with Crippen molar-refractivity contribution in [2.75, 3.05) is 0 Å². The molecule has 7 atom stereocenters. The third kappa shape index (κ3) is 3.02. The molecule has 0 N–H and O–H groups in total. The lowest BCUT2D eigenvalue weighted by molar-refractivity contribution is -0.0876. The van der Waals surface area contributed by atoms with Crippen molar-refractivity contribution in [1.82, 2.24) is 0 Å². The summed E-state index contributed by atoms with van der Waals surface area (Å²) in [4.78, 5) is 0. The maximum Gasteiger partial charge on any atom is -0.0347 e. The molecule has 0 aromatic heterocycles. The van der Waals surface area contributed by atoms with Crippen LogP contribution in [0.3, 0.4) is 0 Å². The van der Waals surface area contributed by atoms with Crippen LogP contribution in [-0.4, -0.2) is 0 Å². The number of hydrogen-bond acceptors (Lipinski definition) is 0. The second kappa shape index (κ2) is 6.56. The molecule has 5 aliphatic rings. The van der Waals surface area contributed by atoms with E-state index in [9.17, 15) is 0 Å². The fraction of sp³-hybridized carbons (Fsp3) is 1.00. The second-order valence-electron chi connectivity index (χ2n) is 11.8. The van der Waals surface area contributed by atoms with E-state index >= 15 is 0 Å². The fourth-order valence-corrected chi connectivity index (χ4v) is 9.06. The highest BCUT2D eigenvalue weighted by atomic mass is 14.6. The van der Waals surface area contributed by atoms with Gasteiger partial charge in [0, 0.05) is 0 Å². The zero-order valence-corrected chi connectivity index (χ0v) is 17.0. The molecule has 142 valence electrons. The number of hydrogen-bond donors (Lipinski definition) is 0. The summed E-state index contributed by atoms with van der Waals surface area (Å²) in [7, 11) is 0. The Morgan fingerprint density at radius 3 is 2.00 bits per heavy atom. The number of rotatable bonds is 1. The Kier molecular flexibility index (Phi) is 4.49. The molecule has 5 aliphatic carbocycles. The number of fused-ring (bicyclic) bond motifs is 6. The molecule has 5 fully saturated rings. The minimum atomic E-state index is 0.639. The van der Waals surface area contributed by atoms with E-state index < -0.39 is 0 Å². The summed E-state index contributed by atoms with van der Waals surface area (Å²) < 4.78 is 0. The summed E-state index contributed by atoms with van der Waals surface area (Å²) in [5.74, 6) is 9.06. The molecule has 0 aromatic rings. The highest BCUT2D eigenvalue weighted by molar-refractivity contribution is 5.04. The van der Waals surface area contributed by atoms with Gasteiger partial charge in [0.05, 0.1) is 0 Å². The first-order valence-electron chi connectivity index (χ1n) is 12.1. The molecule has 5 rings (SSSR count). The summed E-state index contributed by atoms with van der Waals surface area (Å²) >= 11 is 0. The van der Waals surface area contributed by atoms with E-state index in [0.29, 0.717) is 5.41 Å². The maximum atomic E-state index is 2.57. The normalized spacial score (nSPS) is 49.9. The van der Waals surface area contributed by atoms with Crippen molar-refractivity contribution in [2.24, 2.45) is 52.8 Å². The molecule has 25 heavy (non-hydrogen) atoms. The summed E-state index contributed by atoms with van der Waals surface area (Å²) in [6, 6.07) is 0. The van der Waals surface area contributed by atoms with Crippen molar-refractivity contribution in [3.8, 4) is 0 Å². The molecule has 0 spiro atoms. The summed E-state index contributed by atoms with van der Waals surface area (Å²) in [5, 5.41) is 0. The second-order valence-corrected chi connectivity index (χ2v) is 11.8. The SMILES string of the molecule is CC1(C)CCC2C3CCC(C4CCCCC4)CC3C3CCCC3C2C1. The van der Waals surface area contributed by atoms with Crippen LogP contribution in [0.4, 0.5) is 0 Å². The van der Waals surface area contributed by atoms with Gasteiger partial charge in [0.15, 0.2) is 0 Å². The lowest BCUT2D eigenvalue weighted by atomic mass is 9.47. The standard InChI is InChI=1S/C25H42/c1-25(2)14-13-22-21-12-11-18(17-7-4-3-5-8-17)15-23(21)19-9-6-10-20(19)24(22)16-25/h17-24H,3-16H2,1-2H3. The van der Waals surface area contributed by atoms with Crippen LogP contribution in [0.1, 0.15) is 104 Å². The van der Waals surface area contributed by atoms with Crippen LogP contribution in [0.15, 0.2) is 0 Å². The molecular weight excluding hydrogens is 300 g/mol. The predicted octanol–water partition coefficient (Wildman–Crippen LogP) is 7.47. The van der Waals surface area contributed by atoms with Gasteiger partial charge in [0.25, 0.3) is 0 Å². The van der Waals surface area contributed by atoms with E-state index in [1.807, 2.05) is 0 Å². The van der Waals surface area contributed by atoms with E-state index in [-0.39, 0.29) is 0 Å². The van der Waals surface area contributed by atoms with Crippen LogP contribution in [0.2, 0.25) is 0 Å². The Labute approximate surface area is 156 Å². The summed E-state index contributed by atoms with van der Waals surface area (Å²) in [6.45, 7) is 5.14. The van der Waals surface area contributed by atoms with Gasteiger partial charge < -0.3 is 0 Å². The lowest BCUT2D eigenvalue weighted by Gasteiger charge is -2.58. The van der Waals surface area contributed by atoms with Crippen LogP contribution in [0.5, 0.6) is 0 Å². The third-order valence-corrected chi connectivity index (χ3v) is 10.1. The topological polar surface area (TPSA) is 0 Å². The first-order valence-corrected chi connectivity index (χ1v) is 12.1. The fourth-order valence-electron chi connectivity index (χ4n) is 9.06. The van der Waals surface area contributed by atoms with Gasteiger partial charge in [0.2, 0.25) is 0 Å². The van der Waals surface area contributed by atoms with E-state index in [1.165, 1.54) is 12.8 Å². The van der Waals surface area contributed by atoms with Crippen molar-refractivity contribution in [3.05, 3.63) is 0 Å². The molecular formula is C25H42. The van der Waals surface area contributed by atoms with Gasteiger partial charge in [-0.15, -0.1) is 0 Å². The van der Waals surface area contributed by atoms with E-state index in [2.05, 4.69) is 13.8 Å². The Bertz CT molecular complexity index is 470. The zero-order chi connectivity index (χ0) is 17.0. The zero-order valence-electron chi connectivity index (χ0n) is 17.0. The first kappa shape index (κ1) is 17.1. The Hall–Kier alpha value is 0. The highest BCUT2D eigenvalue weighted by Gasteiger charge is 2.55. The average molecular weight is 343 g/mol. The molecule has 7 unspecified atom stereocenters. The van der Waals surface area contributed by atoms with Gasteiger partial charge in [-0.3, -0.25) is 0 Å². The third-order valence-electron chi connectivity index (χ3n) is 10.1. The molecule has 0 aliphatic heterocycles. The maximum absolute atomic E-state index is 2.57. The molecule has 0 radical (unpaired) electrons. The summed E-state index contributed by atoms with van der Waals surface area (Å²) in [5.41, 5.74) is 0.639. The monoisotopic (exact) mass is 342 g/mol. The van der Waals surface area contributed by atoms with Gasteiger partial charge in [0.1, 0.15) is 0 Å². The van der Waals surface area contributed by atoms with Gasteiger partial charge in [-0.2, -0.15) is 0 Å². The molecule has 0 bridgehead atoms. The van der Waals surface area contributed by atoms with Crippen molar-refractivity contribution in [1.29, 1.82) is 0 Å². The van der Waals surface area contributed by atoms with Gasteiger partial charge in [-0.1, -0.05) is 52.4 Å². The Morgan fingerprint density at radius 2 is 1.20 bits per heavy atom. The van der Waals surface area contributed by atoms with Crippen molar-refractivity contribution < 1.29 is 0 Å². The van der Waals surface area contributed by atoms with Crippen LogP contribution in [0.25, 0.3) is 0 Å². The molecule has 0 heteroatoms. The van der Waals surface area contributed by atoms with E-state index in [0.717, 1.165) is 47.3 Å². The van der Waals surface area contributed by atoms with Crippen LogP contribution in [0, 0.1) is 52.8 Å². The molecule has 0 aromatic carbocycles. The quantitative estimate of drug-likeness (QED) is 0.463. The first-order chi connectivity index (χ1) is 12.1. The molecule has 0 heterocycles. The van der Waals surface area contributed by atoms with Gasteiger partial charge in [-0.05, 0) is 104 Å². The average Bonchev–Trinajstić information content (AvgIpc) is 3.12. The highest BCUT2D eigenvalue weighted by Crippen LogP contribution is 2.63. The van der Waals surface area contributed by atoms with Crippen molar-refractivity contribution in [3.63, 3.8) is 0 Å². The molecule has 0 nitrogen and oxygen atoms in total. The van der Waals surface area contributed by atoms with E-state index in [4.69, 9.17) is 0 Å². The predicted molar refractivity (Wildman–Crippen MR) is 106 cm³/mol. The Balaban J connectivity index is 1.36.